The molecule has 2 amide bonds. The van der Waals surface area contributed by atoms with E-state index in [9.17, 15) is 22.4 Å². The normalized spacial score (nSPS) is 12.8. The Bertz CT molecular complexity index is 434. The van der Waals surface area contributed by atoms with Crippen LogP contribution < -0.4 is 10.6 Å². The van der Waals surface area contributed by atoms with Gasteiger partial charge in [0.2, 0.25) is 0 Å². The van der Waals surface area contributed by atoms with E-state index in [0.717, 1.165) is 24.3 Å². The molecule has 1 aromatic carbocycles. The molecule has 1 rings (SSSR count). The fraction of sp³-hybridized carbons (Fsp3) is 0.417. The minimum atomic E-state index is -4.68. The van der Waals surface area contributed by atoms with Crippen LogP contribution >= 0.6 is 0 Å². The van der Waals surface area contributed by atoms with Crippen LogP contribution in [0.2, 0.25) is 0 Å². The summed E-state index contributed by atoms with van der Waals surface area (Å²) in [5.41, 5.74) is -0.249. The highest BCUT2D eigenvalue weighted by molar-refractivity contribution is 5.74. The van der Waals surface area contributed by atoms with Gasteiger partial charge in [0.15, 0.2) is 6.04 Å². The lowest BCUT2D eigenvalue weighted by molar-refractivity contribution is -0.154. The largest absolute Gasteiger partial charge is 0.412 e. The summed E-state index contributed by atoms with van der Waals surface area (Å²) in [6, 6.07) is 0.572. The number of carbonyl (C=O) groups excluding carboxylic acids is 1. The molecule has 1 atom stereocenters. The number of carbonyl (C=O) groups is 1. The Morgan fingerprint density at radius 2 is 1.90 bits per heavy atom. The number of amides is 2. The number of ether oxygens (including phenoxy) is 1. The first kappa shape index (κ1) is 16.2. The molecule has 0 fully saturated rings. The number of rotatable bonds is 5. The van der Waals surface area contributed by atoms with Crippen molar-refractivity contribution in [3.05, 3.63) is 35.6 Å². The molecule has 0 saturated heterocycles. The molecule has 0 radical (unpaired) electrons. The van der Waals surface area contributed by atoms with Crippen molar-refractivity contribution in [2.75, 3.05) is 20.3 Å². The monoisotopic (exact) mass is 294 g/mol. The van der Waals surface area contributed by atoms with Crippen LogP contribution in [0.4, 0.5) is 22.4 Å². The Morgan fingerprint density at radius 1 is 1.30 bits per heavy atom. The van der Waals surface area contributed by atoms with Crippen LogP contribution in [0.1, 0.15) is 11.6 Å². The highest BCUT2D eigenvalue weighted by Crippen LogP contribution is 2.32. The average Bonchev–Trinajstić information content (AvgIpc) is 2.36. The van der Waals surface area contributed by atoms with Crippen LogP contribution in [0, 0.1) is 5.82 Å². The van der Waals surface area contributed by atoms with Crippen LogP contribution in [-0.2, 0) is 4.74 Å². The van der Waals surface area contributed by atoms with E-state index in [-0.39, 0.29) is 18.7 Å². The smallest absolute Gasteiger partial charge is 0.383 e. The predicted octanol–water partition coefficient (Wildman–Crippen LogP) is 2.37. The first-order valence-electron chi connectivity index (χ1n) is 5.70. The molecule has 8 heteroatoms. The first-order valence-corrected chi connectivity index (χ1v) is 5.70. The van der Waals surface area contributed by atoms with Crippen molar-refractivity contribution in [3.63, 3.8) is 0 Å². The molecule has 1 aromatic rings. The van der Waals surface area contributed by atoms with Crippen molar-refractivity contribution < 1.29 is 27.1 Å². The Balaban J connectivity index is 2.76. The zero-order chi connectivity index (χ0) is 15.2. The van der Waals surface area contributed by atoms with Crippen molar-refractivity contribution in [3.8, 4) is 0 Å². The van der Waals surface area contributed by atoms with Gasteiger partial charge in [0, 0.05) is 13.7 Å². The van der Waals surface area contributed by atoms with E-state index in [2.05, 4.69) is 10.1 Å². The van der Waals surface area contributed by atoms with E-state index >= 15 is 0 Å². The van der Waals surface area contributed by atoms with Crippen molar-refractivity contribution in [2.45, 2.75) is 12.2 Å². The lowest BCUT2D eigenvalue weighted by Crippen LogP contribution is -2.44. The van der Waals surface area contributed by atoms with Crippen molar-refractivity contribution in [1.82, 2.24) is 10.6 Å². The summed E-state index contributed by atoms with van der Waals surface area (Å²) >= 11 is 0. The van der Waals surface area contributed by atoms with Crippen LogP contribution in [0.5, 0.6) is 0 Å². The Morgan fingerprint density at radius 3 is 2.40 bits per heavy atom. The molecule has 0 aliphatic heterocycles. The van der Waals surface area contributed by atoms with E-state index in [4.69, 9.17) is 0 Å². The van der Waals surface area contributed by atoms with Crippen LogP contribution in [0.15, 0.2) is 24.3 Å². The summed E-state index contributed by atoms with van der Waals surface area (Å²) in [4.78, 5) is 11.4. The van der Waals surface area contributed by atoms with Gasteiger partial charge in [0.05, 0.1) is 6.61 Å². The molecular formula is C12H14F4N2O2. The van der Waals surface area contributed by atoms with Gasteiger partial charge in [-0.3, -0.25) is 0 Å². The second-order valence-electron chi connectivity index (χ2n) is 3.92. The highest BCUT2D eigenvalue weighted by Gasteiger charge is 2.41. The van der Waals surface area contributed by atoms with E-state index in [1.165, 1.54) is 7.11 Å². The molecule has 0 bridgehead atoms. The molecule has 0 heterocycles. The Kier molecular flexibility index (Phi) is 5.75. The van der Waals surface area contributed by atoms with Crippen LogP contribution in [0.25, 0.3) is 0 Å². The molecule has 112 valence electrons. The quantitative estimate of drug-likeness (QED) is 0.647. The lowest BCUT2D eigenvalue weighted by atomic mass is 10.1. The summed E-state index contributed by atoms with van der Waals surface area (Å²) < 4.78 is 56.1. The highest BCUT2D eigenvalue weighted by atomic mass is 19.4. The Labute approximate surface area is 113 Å². The molecule has 0 spiro atoms. The van der Waals surface area contributed by atoms with Gasteiger partial charge < -0.3 is 15.4 Å². The van der Waals surface area contributed by atoms with Gasteiger partial charge in [0.1, 0.15) is 5.82 Å². The Hall–Kier alpha value is -1.83. The lowest BCUT2D eigenvalue weighted by Gasteiger charge is -2.22. The fourth-order valence-corrected chi connectivity index (χ4v) is 1.46. The molecule has 2 N–H and O–H groups in total. The standard InChI is InChI=1S/C12H14F4N2O2/c1-20-7-6-17-11(19)18-10(12(14,15)16)8-2-4-9(13)5-3-8/h2-5,10H,6-7H2,1H3,(H2,17,18,19)/t10-/m0/s1. The number of methoxy groups -OCH3 is 1. The SMILES string of the molecule is COCCNC(=O)N[C@@H](c1ccc(F)cc1)C(F)(F)F. The molecular weight excluding hydrogens is 280 g/mol. The summed E-state index contributed by atoms with van der Waals surface area (Å²) in [6.07, 6.45) is -4.68. The van der Waals surface area contributed by atoms with Gasteiger partial charge in [-0.25, -0.2) is 9.18 Å². The summed E-state index contributed by atoms with van der Waals surface area (Å²) in [7, 11) is 1.40. The van der Waals surface area contributed by atoms with Crippen molar-refractivity contribution in [2.24, 2.45) is 0 Å². The van der Waals surface area contributed by atoms with E-state index in [1.807, 2.05) is 0 Å². The number of hydrogen-bond donors (Lipinski definition) is 2. The predicted molar refractivity (Wildman–Crippen MR) is 63.6 cm³/mol. The number of alkyl halides is 3. The molecule has 4 nitrogen and oxygen atoms in total. The third-order valence-corrected chi connectivity index (χ3v) is 2.40. The van der Waals surface area contributed by atoms with Crippen molar-refractivity contribution in [1.29, 1.82) is 0 Å². The third-order valence-electron chi connectivity index (χ3n) is 2.40. The molecule has 20 heavy (non-hydrogen) atoms. The van der Waals surface area contributed by atoms with Crippen LogP contribution in [-0.4, -0.2) is 32.5 Å². The molecule has 0 unspecified atom stereocenters. The number of nitrogens with one attached hydrogen (secondary N) is 2. The maximum Gasteiger partial charge on any atom is 0.412 e. The van der Waals surface area contributed by atoms with Gasteiger partial charge in [-0.15, -0.1) is 0 Å². The third kappa shape index (κ3) is 5.04. The van der Waals surface area contributed by atoms with Gasteiger partial charge in [-0.2, -0.15) is 13.2 Å². The molecule has 0 aliphatic rings. The number of urea groups is 1. The summed E-state index contributed by atoms with van der Waals surface area (Å²) in [5.74, 6) is -0.653. The van der Waals surface area contributed by atoms with Gasteiger partial charge in [-0.1, -0.05) is 12.1 Å². The summed E-state index contributed by atoms with van der Waals surface area (Å²) in [5, 5.41) is 4.02. The van der Waals surface area contributed by atoms with E-state index < -0.39 is 24.1 Å². The second kappa shape index (κ2) is 7.09. The van der Waals surface area contributed by atoms with E-state index in [1.54, 1.807) is 5.32 Å². The zero-order valence-electron chi connectivity index (χ0n) is 10.6. The van der Waals surface area contributed by atoms with Gasteiger partial charge in [0.25, 0.3) is 0 Å². The minimum Gasteiger partial charge on any atom is -0.383 e. The number of hydrogen-bond acceptors (Lipinski definition) is 2. The van der Waals surface area contributed by atoms with Gasteiger partial charge in [-0.05, 0) is 17.7 Å². The maximum atomic E-state index is 12.9. The van der Waals surface area contributed by atoms with Crippen LogP contribution in [0.3, 0.4) is 0 Å². The topological polar surface area (TPSA) is 50.4 Å². The summed E-state index contributed by atoms with van der Waals surface area (Å²) in [6.45, 7) is 0.261. The van der Waals surface area contributed by atoms with Crippen molar-refractivity contribution >= 4 is 6.03 Å². The van der Waals surface area contributed by atoms with E-state index in [0.29, 0.717) is 0 Å². The minimum absolute atomic E-state index is 0.0797. The maximum absolute atomic E-state index is 12.9. The second-order valence-corrected chi connectivity index (χ2v) is 3.92. The zero-order valence-corrected chi connectivity index (χ0v) is 10.6. The molecule has 0 aliphatic carbocycles. The first-order chi connectivity index (χ1) is 9.34. The average molecular weight is 294 g/mol. The fourth-order valence-electron chi connectivity index (χ4n) is 1.46. The number of benzene rings is 1. The van der Waals surface area contributed by atoms with Gasteiger partial charge >= 0.3 is 12.2 Å². The molecule has 0 saturated carbocycles. The molecule has 0 aromatic heterocycles. The number of halogens is 4.